The topological polar surface area (TPSA) is 127 Å². The van der Waals surface area contributed by atoms with Gasteiger partial charge in [0.2, 0.25) is 5.82 Å². The average molecular weight is 417 g/mol. The van der Waals surface area contributed by atoms with Gasteiger partial charge in [0.1, 0.15) is 11.8 Å². The first-order valence-corrected chi connectivity index (χ1v) is 9.67. The minimum atomic E-state index is -0.872. The molecule has 0 fully saturated rings. The first-order valence-electron chi connectivity index (χ1n) is 9.67. The highest BCUT2D eigenvalue weighted by molar-refractivity contribution is 5.83. The number of aryl methyl sites for hydroxylation is 1. The number of aliphatic carboxylic acids is 1. The summed E-state index contributed by atoms with van der Waals surface area (Å²) in [5.74, 6) is 0.324. The molecule has 0 aliphatic carbocycles. The van der Waals surface area contributed by atoms with Gasteiger partial charge in [-0.3, -0.25) is 9.48 Å². The van der Waals surface area contributed by atoms with Gasteiger partial charge in [-0.15, -0.1) is 0 Å². The Kier molecular flexibility index (Phi) is 5.37. The Morgan fingerprint density at radius 2 is 2.06 bits per heavy atom. The van der Waals surface area contributed by atoms with E-state index in [2.05, 4.69) is 21.3 Å². The van der Waals surface area contributed by atoms with Crippen LogP contribution in [0, 0.1) is 11.3 Å². The number of nitriles is 1. The maximum Gasteiger partial charge on any atom is 0.305 e. The second kappa shape index (κ2) is 8.28. The highest BCUT2D eigenvalue weighted by atomic mass is 16.5. The first-order chi connectivity index (χ1) is 14.9. The summed E-state index contributed by atoms with van der Waals surface area (Å²) in [5, 5.41) is 27.4. The largest absolute Gasteiger partial charge is 0.490 e. The molecule has 2 aromatic heterocycles. The monoisotopic (exact) mass is 417 g/mol. The van der Waals surface area contributed by atoms with Gasteiger partial charge in [-0.05, 0) is 50.2 Å². The highest BCUT2D eigenvalue weighted by Gasteiger charge is 2.15. The fourth-order valence-corrected chi connectivity index (χ4v) is 3.17. The van der Waals surface area contributed by atoms with Gasteiger partial charge in [-0.25, -0.2) is 0 Å². The van der Waals surface area contributed by atoms with Crippen LogP contribution in [-0.2, 0) is 11.3 Å². The molecule has 2 aromatic carbocycles. The summed E-state index contributed by atoms with van der Waals surface area (Å²) < 4.78 is 12.7. The summed E-state index contributed by atoms with van der Waals surface area (Å²) in [6, 6.07) is 12.8. The molecular formula is C22H19N5O4. The van der Waals surface area contributed by atoms with Gasteiger partial charge in [-0.2, -0.15) is 15.3 Å². The molecule has 9 heteroatoms. The van der Waals surface area contributed by atoms with E-state index in [4.69, 9.17) is 14.4 Å². The van der Waals surface area contributed by atoms with Crippen LogP contribution in [0.4, 0.5) is 0 Å². The van der Waals surface area contributed by atoms with Crippen molar-refractivity contribution in [2.75, 3.05) is 0 Å². The third-order valence-electron chi connectivity index (χ3n) is 4.57. The van der Waals surface area contributed by atoms with Crippen LogP contribution < -0.4 is 4.74 Å². The molecule has 4 aromatic rings. The van der Waals surface area contributed by atoms with Crippen LogP contribution in [0.15, 0.2) is 47.1 Å². The highest BCUT2D eigenvalue weighted by Crippen LogP contribution is 2.29. The summed E-state index contributed by atoms with van der Waals surface area (Å²) in [6.45, 7) is 4.08. The van der Waals surface area contributed by atoms with Crippen molar-refractivity contribution in [3.05, 3.63) is 48.2 Å². The summed E-state index contributed by atoms with van der Waals surface area (Å²) in [5.41, 5.74) is 2.57. The number of hydrogen-bond acceptors (Lipinski definition) is 7. The van der Waals surface area contributed by atoms with E-state index in [1.165, 1.54) is 0 Å². The van der Waals surface area contributed by atoms with Gasteiger partial charge in [0.05, 0.1) is 36.3 Å². The molecule has 0 saturated carbocycles. The van der Waals surface area contributed by atoms with E-state index in [0.29, 0.717) is 35.1 Å². The van der Waals surface area contributed by atoms with E-state index < -0.39 is 5.97 Å². The van der Waals surface area contributed by atoms with E-state index >= 15 is 0 Å². The molecule has 2 heterocycles. The molecule has 0 amide bonds. The van der Waals surface area contributed by atoms with E-state index in [1.807, 2.05) is 32.0 Å². The van der Waals surface area contributed by atoms with E-state index in [1.54, 1.807) is 29.1 Å². The molecule has 0 bridgehead atoms. The minimum Gasteiger partial charge on any atom is -0.490 e. The van der Waals surface area contributed by atoms with Crippen LogP contribution in [-0.4, -0.2) is 37.1 Å². The maximum atomic E-state index is 10.8. The van der Waals surface area contributed by atoms with Crippen LogP contribution in [0.3, 0.4) is 0 Å². The zero-order valence-corrected chi connectivity index (χ0v) is 16.9. The van der Waals surface area contributed by atoms with Crippen molar-refractivity contribution in [1.82, 2.24) is 19.9 Å². The molecule has 0 atom stereocenters. The molecule has 31 heavy (non-hydrogen) atoms. The van der Waals surface area contributed by atoms with Gasteiger partial charge in [0.25, 0.3) is 5.89 Å². The van der Waals surface area contributed by atoms with Crippen LogP contribution in [0.25, 0.3) is 33.7 Å². The predicted octanol–water partition coefficient (Wildman–Crippen LogP) is 3.89. The van der Waals surface area contributed by atoms with E-state index in [0.717, 1.165) is 16.5 Å². The number of benzene rings is 2. The van der Waals surface area contributed by atoms with E-state index in [9.17, 15) is 10.1 Å². The Bertz CT molecular complexity index is 1300. The molecule has 0 aliphatic rings. The lowest BCUT2D eigenvalue weighted by molar-refractivity contribution is -0.137. The first kappa shape index (κ1) is 20.1. The lowest BCUT2D eigenvalue weighted by Gasteiger charge is -2.11. The number of hydrogen-bond donors (Lipinski definition) is 1. The van der Waals surface area contributed by atoms with Crippen molar-refractivity contribution in [2.24, 2.45) is 0 Å². The molecule has 156 valence electrons. The number of aromatic nitrogens is 4. The lowest BCUT2D eigenvalue weighted by Crippen LogP contribution is -2.06. The van der Waals surface area contributed by atoms with Crippen molar-refractivity contribution >= 4 is 16.9 Å². The molecule has 0 radical (unpaired) electrons. The average Bonchev–Trinajstić information content (AvgIpc) is 3.39. The summed E-state index contributed by atoms with van der Waals surface area (Å²) in [7, 11) is 0. The minimum absolute atomic E-state index is 0.00157. The standard InChI is InChI=1S/C22H19N5O4/c1-13(2)30-19-6-4-15(10-16(19)11-23)22-25-21(26-31-22)14-3-5-18-17(9-14)12-24-27(18)8-7-20(28)29/h3-6,9-10,12-13H,7-8H2,1-2H3,(H,28,29). The number of carbonyl (C=O) groups is 1. The Labute approximate surface area is 177 Å². The number of carboxylic acid groups (broad SMARTS) is 1. The molecule has 0 unspecified atom stereocenters. The third-order valence-corrected chi connectivity index (χ3v) is 4.57. The summed E-state index contributed by atoms with van der Waals surface area (Å²) in [6.07, 6.45) is 1.63. The normalized spacial score (nSPS) is 11.0. The number of nitrogens with zero attached hydrogens (tertiary/aromatic N) is 5. The van der Waals surface area contributed by atoms with Crippen LogP contribution in [0.1, 0.15) is 25.8 Å². The zero-order chi connectivity index (χ0) is 22.0. The lowest BCUT2D eigenvalue weighted by atomic mass is 10.1. The molecular weight excluding hydrogens is 398 g/mol. The molecule has 0 aliphatic heterocycles. The van der Waals surface area contributed by atoms with Crippen molar-refractivity contribution in [3.63, 3.8) is 0 Å². The molecule has 4 rings (SSSR count). The smallest absolute Gasteiger partial charge is 0.305 e. The van der Waals surface area contributed by atoms with Crippen LogP contribution in [0.2, 0.25) is 0 Å². The fraction of sp³-hybridized carbons (Fsp3) is 0.227. The Balaban J connectivity index is 1.61. The van der Waals surface area contributed by atoms with Crippen molar-refractivity contribution in [1.29, 1.82) is 5.26 Å². The Hall–Kier alpha value is -4.19. The number of fused-ring (bicyclic) bond motifs is 1. The van der Waals surface area contributed by atoms with Gasteiger partial charge in [-0.1, -0.05) is 5.16 Å². The summed E-state index contributed by atoms with van der Waals surface area (Å²) >= 11 is 0. The Morgan fingerprint density at radius 3 is 2.81 bits per heavy atom. The molecule has 0 saturated heterocycles. The van der Waals surface area contributed by atoms with Crippen molar-refractivity contribution in [3.8, 4) is 34.7 Å². The number of ether oxygens (including phenoxy) is 1. The van der Waals surface area contributed by atoms with Crippen molar-refractivity contribution in [2.45, 2.75) is 32.9 Å². The molecule has 0 spiro atoms. The number of rotatable bonds is 7. The summed E-state index contributed by atoms with van der Waals surface area (Å²) in [4.78, 5) is 15.3. The number of carboxylic acids is 1. The molecule has 1 N–H and O–H groups in total. The van der Waals surface area contributed by atoms with E-state index in [-0.39, 0.29) is 12.5 Å². The predicted molar refractivity (Wildman–Crippen MR) is 111 cm³/mol. The van der Waals surface area contributed by atoms with Gasteiger partial charge >= 0.3 is 5.97 Å². The zero-order valence-electron chi connectivity index (χ0n) is 16.9. The SMILES string of the molecule is CC(C)Oc1ccc(-c2nc(-c3ccc4c(cnn4CCC(=O)O)c3)no2)cc1C#N. The fourth-order valence-electron chi connectivity index (χ4n) is 3.17. The van der Waals surface area contributed by atoms with Crippen molar-refractivity contribution < 1.29 is 19.2 Å². The quantitative estimate of drug-likeness (QED) is 0.480. The van der Waals surface area contributed by atoms with Gasteiger partial charge in [0, 0.05) is 16.5 Å². The maximum absolute atomic E-state index is 10.8. The second-order valence-electron chi connectivity index (χ2n) is 7.20. The molecule has 9 nitrogen and oxygen atoms in total. The Morgan fingerprint density at radius 1 is 1.26 bits per heavy atom. The van der Waals surface area contributed by atoms with Gasteiger partial charge in [0.15, 0.2) is 0 Å². The van der Waals surface area contributed by atoms with Crippen LogP contribution in [0.5, 0.6) is 5.75 Å². The third kappa shape index (κ3) is 4.23. The van der Waals surface area contributed by atoms with Crippen LogP contribution >= 0.6 is 0 Å². The second-order valence-corrected chi connectivity index (χ2v) is 7.20. The van der Waals surface area contributed by atoms with Gasteiger partial charge < -0.3 is 14.4 Å².